The van der Waals surface area contributed by atoms with E-state index >= 15 is 0 Å². The van der Waals surface area contributed by atoms with E-state index in [0.29, 0.717) is 59.7 Å². The minimum absolute atomic E-state index is 0.0124. The standard InChI is InChI=1S/C55H82N12O10S2/c1-8-9-18-37-55(77)67-22-15-20-43(67)53(76)59-32(6)46(69)58-33(7)47(70)63-41(25-34-16-11-10-12-17-34)51(74)62-38(45(57)68)26-35-27-44(78-28-35)54-66-42(29-79-54)52(75)65-40(24-31(4)5)50(73)64-39(23-30(2)3)49(72)60-36(48(71)61-37)19-13-14-21-56/h10-12,16-17,27-28,30-33,36-43H,8-9,13-15,18-26,29,56H2,1-7H3,(H2,57,68)(H,58,69)(H,59,76)(H,60,72)(H,61,71)(H,62,74)(H,63,70)(H,64,73)(H,65,75)/t32-,33-,36-,37-,38?,39?,40-,41?,42-,43-/m0/s1. The lowest BCUT2D eigenvalue weighted by Gasteiger charge is -2.31. The lowest BCUT2D eigenvalue weighted by molar-refractivity contribution is -0.142. The largest absolute Gasteiger partial charge is 0.368 e. The molecule has 1 fully saturated rings. The topological polar surface area (TPSA) is 335 Å². The number of carbonyl (C=O) groups excluding carboxylic acids is 10. The summed E-state index contributed by atoms with van der Waals surface area (Å²) < 4.78 is 0. The van der Waals surface area contributed by atoms with Crippen molar-refractivity contribution < 1.29 is 47.9 Å². The van der Waals surface area contributed by atoms with E-state index in [1.165, 1.54) is 41.8 Å². The Balaban J connectivity index is 1.48. The summed E-state index contributed by atoms with van der Waals surface area (Å²) in [4.78, 5) is 146. The Hall–Kier alpha value is -6.40. The number of primary amides is 1. The molecule has 1 aromatic carbocycles. The molecule has 10 amide bonds. The number of hydrogen-bond acceptors (Lipinski definition) is 14. The molecule has 0 spiro atoms. The molecule has 0 saturated carbocycles. The first-order valence-corrected chi connectivity index (χ1v) is 29.5. The predicted octanol–water partition coefficient (Wildman–Crippen LogP) is 1.21. The minimum Gasteiger partial charge on any atom is -0.368 e. The van der Waals surface area contributed by atoms with Crippen molar-refractivity contribution in [2.24, 2.45) is 28.3 Å². The monoisotopic (exact) mass is 1130 g/mol. The van der Waals surface area contributed by atoms with Crippen molar-refractivity contribution in [3.8, 4) is 0 Å². The highest BCUT2D eigenvalue weighted by atomic mass is 32.2. The van der Waals surface area contributed by atoms with E-state index in [9.17, 15) is 47.9 Å². The zero-order valence-corrected chi connectivity index (χ0v) is 48.2. The van der Waals surface area contributed by atoms with Gasteiger partial charge in [0, 0.05) is 25.1 Å². The van der Waals surface area contributed by atoms with E-state index in [4.69, 9.17) is 16.5 Å². The van der Waals surface area contributed by atoms with Crippen LogP contribution >= 0.6 is 23.1 Å². The molecule has 4 bridgehead atoms. The van der Waals surface area contributed by atoms with Crippen LogP contribution in [-0.2, 0) is 60.8 Å². The fraction of sp³-hybridized carbons (Fsp3) is 0.618. The zero-order chi connectivity index (χ0) is 57.9. The molecule has 3 aliphatic rings. The number of thioether (sulfide) groups is 1. The maximum Gasteiger partial charge on any atom is 0.246 e. The van der Waals surface area contributed by atoms with E-state index in [1.54, 1.807) is 41.8 Å². The van der Waals surface area contributed by atoms with Crippen LogP contribution in [0.25, 0.3) is 0 Å². The van der Waals surface area contributed by atoms with Gasteiger partial charge in [0.15, 0.2) is 0 Å². The summed E-state index contributed by atoms with van der Waals surface area (Å²) in [7, 11) is 0. The van der Waals surface area contributed by atoms with E-state index in [1.807, 2.05) is 34.6 Å². The quantitative estimate of drug-likeness (QED) is 0.119. The van der Waals surface area contributed by atoms with Gasteiger partial charge in [0.25, 0.3) is 0 Å². The van der Waals surface area contributed by atoms with Gasteiger partial charge in [0.05, 0.1) is 4.88 Å². The Morgan fingerprint density at radius 1 is 0.684 bits per heavy atom. The Labute approximate surface area is 471 Å². The number of thiophene rings is 1. The third-order valence-electron chi connectivity index (χ3n) is 13.9. The molecule has 434 valence electrons. The molecule has 10 atom stereocenters. The molecule has 1 aromatic heterocycles. The van der Waals surface area contributed by atoms with E-state index in [0.717, 1.165) is 0 Å². The number of rotatable bonds is 14. The average Bonchev–Trinajstić information content (AvgIpc) is 4.30. The highest BCUT2D eigenvalue weighted by Crippen LogP contribution is 2.29. The second-order valence-corrected chi connectivity index (χ2v) is 23.5. The lowest BCUT2D eigenvalue weighted by Crippen LogP contribution is -2.60. The van der Waals surface area contributed by atoms with Crippen LogP contribution in [0.1, 0.15) is 129 Å². The fourth-order valence-corrected chi connectivity index (χ4v) is 11.6. The van der Waals surface area contributed by atoms with Gasteiger partial charge >= 0.3 is 0 Å². The minimum atomic E-state index is -1.23. The van der Waals surface area contributed by atoms with Crippen molar-refractivity contribution in [3.05, 3.63) is 57.8 Å². The van der Waals surface area contributed by atoms with Gasteiger partial charge in [-0.1, -0.05) is 77.8 Å². The lowest BCUT2D eigenvalue weighted by atomic mass is 9.99. The number of nitrogens with two attached hydrogens (primary N) is 2. The van der Waals surface area contributed by atoms with Gasteiger partial charge in [0.2, 0.25) is 59.1 Å². The number of fused-ring (bicyclic) bond motifs is 5. The Morgan fingerprint density at radius 3 is 1.86 bits per heavy atom. The highest BCUT2D eigenvalue weighted by Gasteiger charge is 2.40. The van der Waals surface area contributed by atoms with Crippen molar-refractivity contribution in [1.29, 1.82) is 0 Å². The number of benzene rings is 1. The van der Waals surface area contributed by atoms with Crippen LogP contribution in [0.5, 0.6) is 0 Å². The molecule has 3 aliphatic heterocycles. The van der Waals surface area contributed by atoms with E-state index in [2.05, 4.69) is 42.5 Å². The van der Waals surface area contributed by atoms with Gasteiger partial charge in [-0.2, -0.15) is 0 Å². The second kappa shape index (κ2) is 30.8. The number of amides is 10. The van der Waals surface area contributed by atoms with Crippen molar-refractivity contribution in [2.45, 2.75) is 186 Å². The molecular weight excluding hydrogens is 1050 g/mol. The predicted molar refractivity (Wildman–Crippen MR) is 303 cm³/mol. The van der Waals surface area contributed by atoms with Crippen LogP contribution in [0.2, 0.25) is 0 Å². The molecule has 12 N–H and O–H groups in total. The molecule has 3 unspecified atom stereocenters. The first-order chi connectivity index (χ1) is 37.6. The zero-order valence-electron chi connectivity index (χ0n) is 46.5. The van der Waals surface area contributed by atoms with Gasteiger partial charge in [-0.3, -0.25) is 52.9 Å². The van der Waals surface area contributed by atoms with Crippen LogP contribution in [0.15, 0.2) is 46.8 Å². The number of nitrogens with zero attached hydrogens (tertiary/aromatic N) is 2. The molecule has 1 saturated heterocycles. The summed E-state index contributed by atoms with van der Waals surface area (Å²) in [6, 6.07) is -0.425. The number of nitrogens with one attached hydrogen (secondary N) is 8. The van der Waals surface area contributed by atoms with Gasteiger partial charge in [-0.25, -0.2) is 0 Å². The molecule has 24 heteroatoms. The highest BCUT2D eigenvalue weighted by molar-refractivity contribution is 8.15. The maximum absolute atomic E-state index is 14.5. The van der Waals surface area contributed by atoms with Crippen LogP contribution in [0, 0.1) is 11.8 Å². The fourth-order valence-electron chi connectivity index (χ4n) is 9.52. The smallest absolute Gasteiger partial charge is 0.246 e. The third-order valence-corrected chi connectivity index (χ3v) is 16.1. The maximum atomic E-state index is 14.5. The number of aliphatic imine (C=N–C) groups is 1. The van der Waals surface area contributed by atoms with Crippen LogP contribution in [0.4, 0.5) is 0 Å². The number of unbranched alkanes of at least 4 members (excludes halogenated alkanes) is 2. The summed E-state index contributed by atoms with van der Waals surface area (Å²) in [5.41, 5.74) is 13.0. The van der Waals surface area contributed by atoms with Gasteiger partial charge in [-0.05, 0) is 106 Å². The van der Waals surface area contributed by atoms with Gasteiger partial charge in [0.1, 0.15) is 65.5 Å². The number of hydrogen-bond donors (Lipinski definition) is 10. The van der Waals surface area contributed by atoms with Crippen molar-refractivity contribution in [3.63, 3.8) is 0 Å². The molecule has 4 heterocycles. The molecule has 22 nitrogen and oxygen atoms in total. The van der Waals surface area contributed by atoms with E-state index in [-0.39, 0.29) is 69.1 Å². The van der Waals surface area contributed by atoms with Crippen LogP contribution < -0.4 is 54.0 Å². The second-order valence-electron chi connectivity index (χ2n) is 21.6. The van der Waals surface area contributed by atoms with Crippen LogP contribution in [-0.4, -0.2) is 148 Å². The first kappa shape index (κ1) is 63.4. The van der Waals surface area contributed by atoms with Gasteiger partial charge < -0.3 is 58.9 Å². The summed E-state index contributed by atoms with van der Waals surface area (Å²) in [5.74, 6) is -6.35. The Morgan fingerprint density at radius 2 is 1.24 bits per heavy atom. The van der Waals surface area contributed by atoms with Crippen molar-refractivity contribution >= 4 is 87.2 Å². The van der Waals surface area contributed by atoms with E-state index < -0.39 is 119 Å². The SMILES string of the molecule is CCCC[C@@H]1NC(=O)[C@H](CCCCN)NC(=O)C(CC(C)C)NC(=O)[C@H](CC(C)C)NC(=O)[C@@H]2CSC(=N2)c2cc(cs2)CC(C(N)=O)NC(=O)C(Cc2ccccc2)NC(=O)[C@H](C)NC(=O)[C@H](C)NC(=O)[C@@H]2CCCN2C1=O. The molecular formula is C55H82N12O10S2. The molecule has 0 radical (unpaired) electrons. The number of carbonyl (C=O) groups is 10. The Bertz CT molecular complexity index is 2510. The average molecular weight is 1140 g/mol. The molecule has 5 rings (SSSR count). The van der Waals surface area contributed by atoms with Gasteiger partial charge in [-0.15, -0.1) is 23.1 Å². The van der Waals surface area contributed by atoms with Crippen molar-refractivity contribution in [1.82, 2.24) is 47.4 Å². The summed E-state index contributed by atoms with van der Waals surface area (Å²) in [5, 5.41) is 24.5. The normalized spacial score (nSPS) is 26.8. The third kappa shape index (κ3) is 19.1. The Kier molecular flexibility index (Phi) is 24.8. The van der Waals surface area contributed by atoms with Crippen molar-refractivity contribution in [2.75, 3.05) is 18.8 Å². The molecule has 2 aromatic rings. The first-order valence-electron chi connectivity index (χ1n) is 27.6. The summed E-state index contributed by atoms with van der Waals surface area (Å²) in [6.45, 7) is 12.9. The van der Waals surface area contributed by atoms with Crippen LogP contribution in [0.3, 0.4) is 0 Å². The molecule has 0 aliphatic carbocycles. The summed E-state index contributed by atoms with van der Waals surface area (Å²) in [6.07, 6.45) is 3.76. The molecule has 79 heavy (non-hydrogen) atoms. The summed E-state index contributed by atoms with van der Waals surface area (Å²) >= 11 is 2.66.